The molecule has 0 spiro atoms. The Balaban J connectivity index is 1.49. The SMILES string of the molecule is CSc1ccccc1-c1nnc(NC(=O)c2cccc(Oc3ccccc3)c2)o1. The second-order valence-electron chi connectivity index (χ2n) is 6.01. The normalized spacial score (nSPS) is 10.5. The molecule has 0 fully saturated rings. The minimum atomic E-state index is -0.364. The number of anilines is 1. The van der Waals surface area contributed by atoms with Crippen molar-refractivity contribution in [2.24, 2.45) is 0 Å². The predicted molar refractivity (Wildman–Crippen MR) is 112 cm³/mol. The molecule has 1 heterocycles. The molecule has 4 rings (SSSR count). The Morgan fingerprint density at radius 2 is 1.69 bits per heavy atom. The van der Waals surface area contributed by atoms with E-state index in [1.165, 1.54) is 0 Å². The standard InChI is InChI=1S/C22H17N3O3S/c1-29-19-13-6-5-12-18(19)21-24-25-22(28-21)23-20(26)15-8-7-11-17(14-15)27-16-9-3-2-4-10-16/h2-14H,1H3,(H,23,25,26). The third kappa shape index (κ3) is 4.47. The summed E-state index contributed by atoms with van der Waals surface area (Å²) in [5.74, 6) is 1.24. The molecule has 0 aliphatic rings. The van der Waals surface area contributed by atoms with Gasteiger partial charge >= 0.3 is 6.01 Å². The van der Waals surface area contributed by atoms with Crippen molar-refractivity contribution in [3.8, 4) is 23.0 Å². The second-order valence-corrected chi connectivity index (χ2v) is 6.86. The van der Waals surface area contributed by atoms with E-state index in [-0.39, 0.29) is 11.9 Å². The summed E-state index contributed by atoms with van der Waals surface area (Å²) < 4.78 is 11.4. The Labute approximate surface area is 171 Å². The number of ether oxygens (including phenoxy) is 1. The molecule has 0 saturated carbocycles. The molecule has 1 N–H and O–H groups in total. The van der Waals surface area contributed by atoms with E-state index in [9.17, 15) is 4.79 Å². The first-order valence-electron chi connectivity index (χ1n) is 8.84. The second kappa shape index (κ2) is 8.62. The van der Waals surface area contributed by atoms with E-state index in [1.54, 1.807) is 36.0 Å². The quantitative estimate of drug-likeness (QED) is 0.428. The summed E-state index contributed by atoms with van der Waals surface area (Å²) in [5.41, 5.74) is 1.24. The van der Waals surface area contributed by atoms with E-state index in [4.69, 9.17) is 9.15 Å². The number of nitrogens with one attached hydrogen (secondary N) is 1. The van der Waals surface area contributed by atoms with Gasteiger partial charge in [0.15, 0.2) is 0 Å². The molecule has 3 aromatic carbocycles. The lowest BCUT2D eigenvalue weighted by Crippen LogP contribution is -2.12. The molecule has 6 nitrogen and oxygen atoms in total. The zero-order valence-corrected chi connectivity index (χ0v) is 16.3. The van der Waals surface area contributed by atoms with Gasteiger partial charge in [-0.1, -0.05) is 41.5 Å². The van der Waals surface area contributed by atoms with Gasteiger partial charge in [-0.25, -0.2) is 0 Å². The number of carbonyl (C=O) groups is 1. The summed E-state index contributed by atoms with van der Waals surface area (Å²) in [4.78, 5) is 13.6. The van der Waals surface area contributed by atoms with E-state index >= 15 is 0 Å². The van der Waals surface area contributed by atoms with Gasteiger partial charge in [-0.3, -0.25) is 10.1 Å². The molecule has 4 aromatic rings. The van der Waals surface area contributed by atoms with E-state index in [0.29, 0.717) is 23.0 Å². The van der Waals surface area contributed by atoms with Gasteiger partial charge < -0.3 is 9.15 Å². The van der Waals surface area contributed by atoms with Crippen LogP contribution in [0.2, 0.25) is 0 Å². The topological polar surface area (TPSA) is 77.2 Å². The van der Waals surface area contributed by atoms with Gasteiger partial charge in [-0.2, -0.15) is 0 Å². The fourth-order valence-corrected chi connectivity index (χ4v) is 3.29. The monoisotopic (exact) mass is 403 g/mol. The Kier molecular flexibility index (Phi) is 5.58. The van der Waals surface area contributed by atoms with Crippen LogP contribution in [0.4, 0.5) is 6.01 Å². The molecule has 1 aromatic heterocycles. The molecule has 0 radical (unpaired) electrons. The lowest BCUT2D eigenvalue weighted by atomic mass is 10.2. The van der Waals surface area contributed by atoms with E-state index in [0.717, 1.165) is 10.5 Å². The number of hydrogen-bond acceptors (Lipinski definition) is 6. The summed E-state index contributed by atoms with van der Waals surface area (Å²) in [6.07, 6.45) is 1.97. The van der Waals surface area contributed by atoms with Gasteiger partial charge in [0.1, 0.15) is 11.5 Å². The zero-order chi connectivity index (χ0) is 20.1. The van der Waals surface area contributed by atoms with Gasteiger partial charge in [0.05, 0.1) is 5.56 Å². The number of nitrogens with zero attached hydrogens (tertiary/aromatic N) is 2. The first-order chi connectivity index (χ1) is 14.2. The summed E-state index contributed by atoms with van der Waals surface area (Å²) in [6.45, 7) is 0. The molecule has 1 amide bonds. The van der Waals surface area contributed by atoms with Crippen LogP contribution in [0.3, 0.4) is 0 Å². The number of carbonyl (C=O) groups excluding carboxylic acids is 1. The van der Waals surface area contributed by atoms with Crippen molar-refractivity contribution in [2.75, 3.05) is 11.6 Å². The highest BCUT2D eigenvalue weighted by Crippen LogP contribution is 2.30. The van der Waals surface area contributed by atoms with E-state index in [2.05, 4.69) is 15.5 Å². The first kappa shape index (κ1) is 18.8. The van der Waals surface area contributed by atoms with Crippen LogP contribution >= 0.6 is 11.8 Å². The summed E-state index contributed by atoms with van der Waals surface area (Å²) in [5, 5.41) is 10.6. The first-order valence-corrected chi connectivity index (χ1v) is 10.1. The molecule has 144 valence electrons. The molecule has 0 aliphatic heterocycles. The van der Waals surface area contributed by atoms with Crippen LogP contribution in [0, 0.1) is 0 Å². The van der Waals surface area contributed by atoms with Crippen LogP contribution < -0.4 is 10.1 Å². The van der Waals surface area contributed by atoms with Crippen molar-refractivity contribution < 1.29 is 13.9 Å². The molecular weight excluding hydrogens is 386 g/mol. The maximum Gasteiger partial charge on any atom is 0.322 e. The van der Waals surface area contributed by atoms with Crippen molar-refractivity contribution in [1.82, 2.24) is 10.2 Å². The van der Waals surface area contributed by atoms with Gasteiger partial charge in [-0.15, -0.1) is 16.9 Å². The summed E-state index contributed by atoms with van der Waals surface area (Å²) in [7, 11) is 0. The number of benzene rings is 3. The molecule has 0 atom stereocenters. The van der Waals surface area contributed by atoms with E-state index < -0.39 is 0 Å². The van der Waals surface area contributed by atoms with Crippen LogP contribution in [-0.4, -0.2) is 22.4 Å². The summed E-state index contributed by atoms with van der Waals surface area (Å²) >= 11 is 1.58. The average molecular weight is 403 g/mol. The molecular formula is C22H17N3O3S. The number of thioether (sulfide) groups is 1. The minimum absolute atomic E-state index is 0.0373. The van der Waals surface area contributed by atoms with Crippen molar-refractivity contribution in [1.29, 1.82) is 0 Å². The Bertz CT molecular complexity index is 1130. The molecule has 29 heavy (non-hydrogen) atoms. The number of aromatic nitrogens is 2. The van der Waals surface area contributed by atoms with Gasteiger partial charge in [-0.05, 0) is 48.7 Å². The molecule has 0 bridgehead atoms. The third-order valence-corrected chi connectivity index (χ3v) is 4.85. The zero-order valence-electron chi connectivity index (χ0n) is 15.5. The highest BCUT2D eigenvalue weighted by atomic mass is 32.2. The highest BCUT2D eigenvalue weighted by molar-refractivity contribution is 7.98. The van der Waals surface area contributed by atoms with Gasteiger partial charge in [0, 0.05) is 10.5 Å². The van der Waals surface area contributed by atoms with Crippen LogP contribution in [0.15, 0.2) is 88.2 Å². The number of rotatable bonds is 6. The van der Waals surface area contributed by atoms with Crippen molar-refractivity contribution >= 4 is 23.7 Å². The average Bonchev–Trinajstić information content (AvgIpc) is 3.23. The number of para-hydroxylation sites is 1. The summed E-state index contributed by atoms with van der Waals surface area (Å²) in [6, 6.07) is 24.0. The lowest BCUT2D eigenvalue weighted by Gasteiger charge is -2.07. The van der Waals surface area contributed by atoms with Gasteiger partial charge in [0.2, 0.25) is 0 Å². The van der Waals surface area contributed by atoms with Crippen molar-refractivity contribution in [2.45, 2.75) is 4.90 Å². The fraction of sp³-hybridized carbons (Fsp3) is 0.0455. The van der Waals surface area contributed by atoms with Crippen molar-refractivity contribution in [3.63, 3.8) is 0 Å². The smallest absolute Gasteiger partial charge is 0.322 e. The van der Waals surface area contributed by atoms with Crippen LogP contribution in [0.1, 0.15) is 10.4 Å². The number of hydrogen-bond donors (Lipinski definition) is 1. The van der Waals surface area contributed by atoms with Crippen molar-refractivity contribution in [3.05, 3.63) is 84.4 Å². The predicted octanol–water partition coefficient (Wildman–Crippen LogP) is 5.50. The largest absolute Gasteiger partial charge is 0.457 e. The van der Waals surface area contributed by atoms with Crippen LogP contribution in [-0.2, 0) is 0 Å². The maximum atomic E-state index is 12.6. The lowest BCUT2D eigenvalue weighted by molar-refractivity contribution is 0.102. The molecule has 7 heteroatoms. The van der Waals surface area contributed by atoms with E-state index in [1.807, 2.05) is 60.9 Å². The number of amides is 1. The van der Waals surface area contributed by atoms with Crippen LogP contribution in [0.5, 0.6) is 11.5 Å². The fourth-order valence-electron chi connectivity index (χ4n) is 2.70. The third-order valence-electron chi connectivity index (χ3n) is 4.06. The Morgan fingerprint density at radius 1 is 0.931 bits per heavy atom. The highest BCUT2D eigenvalue weighted by Gasteiger charge is 2.15. The molecule has 0 saturated heterocycles. The maximum absolute atomic E-state index is 12.6. The van der Waals surface area contributed by atoms with Gasteiger partial charge in [0.25, 0.3) is 11.8 Å². The minimum Gasteiger partial charge on any atom is -0.457 e. The molecule has 0 unspecified atom stereocenters. The molecule has 0 aliphatic carbocycles. The Hall–Kier alpha value is -3.58. The van der Waals surface area contributed by atoms with Crippen LogP contribution in [0.25, 0.3) is 11.5 Å². The Morgan fingerprint density at radius 3 is 2.52 bits per heavy atom.